The van der Waals surface area contributed by atoms with Crippen molar-refractivity contribution in [2.45, 2.75) is 6.92 Å². The van der Waals surface area contributed by atoms with Crippen LogP contribution in [0.25, 0.3) is 21.8 Å². The normalized spacial score (nSPS) is 10.4. The van der Waals surface area contributed by atoms with E-state index in [0.29, 0.717) is 12.2 Å². The van der Waals surface area contributed by atoms with Crippen LogP contribution >= 0.6 is 11.3 Å². The highest BCUT2D eigenvalue weighted by molar-refractivity contribution is 7.13. The van der Waals surface area contributed by atoms with Crippen molar-refractivity contribution in [1.29, 1.82) is 0 Å². The molecule has 3 aromatic rings. The molecule has 0 bridgehead atoms. The second kappa shape index (κ2) is 6.49. The van der Waals surface area contributed by atoms with Crippen LogP contribution in [0.5, 0.6) is 0 Å². The smallest absolute Gasteiger partial charge is 0.338 e. The van der Waals surface area contributed by atoms with Gasteiger partial charge >= 0.3 is 5.97 Å². The summed E-state index contributed by atoms with van der Waals surface area (Å²) in [7, 11) is 0. The van der Waals surface area contributed by atoms with E-state index >= 15 is 0 Å². The van der Waals surface area contributed by atoms with E-state index < -0.39 is 0 Å². The number of hydrogen-bond donors (Lipinski definition) is 0. The molecule has 0 unspecified atom stereocenters. The number of nitrogens with zero attached hydrogens (tertiary/aromatic N) is 2. The van der Waals surface area contributed by atoms with E-state index in [9.17, 15) is 4.79 Å². The number of benzene rings is 1. The van der Waals surface area contributed by atoms with Crippen LogP contribution in [0, 0.1) is 0 Å². The average molecular weight is 310 g/mol. The largest absolute Gasteiger partial charge is 0.462 e. The predicted molar refractivity (Wildman–Crippen MR) is 86.7 cm³/mol. The number of rotatable bonds is 4. The lowest BCUT2D eigenvalue weighted by Gasteiger charge is -2.02. The van der Waals surface area contributed by atoms with Gasteiger partial charge in [-0.05, 0) is 31.2 Å². The Balaban J connectivity index is 1.83. The van der Waals surface area contributed by atoms with E-state index in [1.54, 1.807) is 42.8 Å². The Bertz CT molecular complexity index is 767. The maximum atomic E-state index is 11.6. The molecular weight excluding hydrogens is 296 g/mol. The van der Waals surface area contributed by atoms with Gasteiger partial charge in [-0.2, -0.15) is 0 Å². The minimum atomic E-state index is -0.302. The van der Waals surface area contributed by atoms with Crippen LogP contribution in [-0.2, 0) is 4.74 Å². The molecule has 0 N–H and O–H groups in total. The van der Waals surface area contributed by atoms with Crippen molar-refractivity contribution in [3.05, 3.63) is 59.7 Å². The fourth-order valence-corrected chi connectivity index (χ4v) is 2.84. The highest BCUT2D eigenvalue weighted by Gasteiger charge is 2.09. The van der Waals surface area contributed by atoms with Crippen molar-refractivity contribution in [1.82, 2.24) is 9.97 Å². The van der Waals surface area contributed by atoms with Crippen molar-refractivity contribution in [3.8, 4) is 21.8 Å². The lowest BCUT2D eigenvalue weighted by atomic mass is 10.1. The van der Waals surface area contributed by atoms with Gasteiger partial charge in [-0.15, -0.1) is 11.3 Å². The number of ether oxygens (including phenoxy) is 1. The predicted octanol–water partition coefficient (Wildman–Crippen LogP) is 4.05. The van der Waals surface area contributed by atoms with Crippen molar-refractivity contribution in [2.24, 2.45) is 0 Å². The van der Waals surface area contributed by atoms with Crippen molar-refractivity contribution >= 4 is 17.3 Å². The molecule has 0 amide bonds. The van der Waals surface area contributed by atoms with Gasteiger partial charge in [0.2, 0.25) is 0 Å². The standard InChI is InChI=1S/C17H14N2O2S/c1-2-21-17(20)13-7-5-12(6-8-13)15-11-22-16(19-15)14-4-3-9-18-10-14/h3-11H,2H2,1H3. The van der Waals surface area contributed by atoms with Gasteiger partial charge < -0.3 is 4.74 Å². The molecule has 0 atom stereocenters. The number of aromatic nitrogens is 2. The maximum absolute atomic E-state index is 11.6. The first-order chi connectivity index (χ1) is 10.8. The van der Waals surface area contributed by atoms with Gasteiger partial charge in [0.05, 0.1) is 17.9 Å². The molecule has 0 radical (unpaired) electrons. The Morgan fingerprint density at radius 1 is 1.18 bits per heavy atom. The van der Waals surface area contributed by atoms with Gasteiger partial charge in [-0.25, -0.2) is 9.78 Å². The number of thiazole rings is 1. The minimum absolute atomic E-state index is 0.302. The third-order valence-corrected chi connectivity index (χ3v) is 4.00. The maximum Gasteiger partial charge on any atom is 0.338 e. The van der Waals surface area contributed by atoms with E-state index in [2.05, 4.69) is 9.97 Å². The fourth-order valence-electron chi connectivity index (χ4n) is 2.02. The molecule has 3 rings (SSSR count). The number of esters is 1. The lowest BCUT2D eigenvalue weighted by molar-refractivity contribution is 0.0526. The number of carbonyl (C=O) groups is 1. The summed E-state index contributed by atoms with van der Waals surface area (Å²) in [6.45, 7) is 2.17. The van der Waals surface area contributed by atoms with Crippen LogP contribution < -0.4 is 0 Å². The third-order valence-electron chi connectivity index (χ3n) is 3.10. The highest BCUT2D eigenvalue weighted by Crippen LogP contribution is 2.28. The molecule has 0 fully saturated rings. The fraction of sp³-hybridized carbons (Fsp3) is 0.118. The van der Waals surface area contributed by atoms with Gasteiger partial charge in [-0.3, -0.25) is 4.98 Å². The molecule has 22 heavy (non-hydrogen) atoms. The van der Waals surface area contributed by atoms with E-state index in [0.717, 1.165) is 21.8 Å². The van der Waals surface area contributed by atoms with Gasteiger partial charge in [0.1, 0.15) is 5.01 Å². The van der Waals surface area contributed by atoms with Gasteiger partial charge in [0.15, 0.2) is 0 Å². The summed E-state index contributed by atoms with van der Waals surface area (Å²) in [5, 5.41) is 2.93. The van der Waals surface area contributed by atoms with E-state index in [1.165, 1.54) is 0 Å². The molecule has 0 aliphatic carbocycles. The van der Waals surface area contributed by atoms with Crippen LogP contribution in [0.2, 0.25) is 0 Å². The van der Waals surface area contributed by atoms with Crippen molar-refractivity contribution < 1.29 is 9.53 Å². The van der Waals surface area contributed by atoms with E-state index in [1.807, 2.05) is 29.6 Å². The summed E-state index contributed by atoms with van der Waals surface area (Å²) in [4.78, 5) is 20.4. The SMILES string of the molecule is CCOC(=O)c1ccc(-c2csc(-c3cccnc3)n2)cc1. The zero-order chi connectivity index (χ0) is 15.4. The van der Waals surface area contributed by atoms with Crippen LogP contribution in [0.3, 0.4) is 0 Å². The first kappa shape index (κ1) is 14.4. The Morgan fingerprint density at radius 3 is 2.68 bits per heavy atom. The summed E-state index contributed by atoms with van der Waals surface area (Å²) in [5.41, 5.74) is 3.41. The van der Waals surface area contributed by atoms with Gasteiger partial charge in [0, 0.05) is 28.9 Å². The van der Waals surface area contributed by atoms with Crippen LogP contribution in [-0.4, -0.2) is 22.5 Å². The summed E-state index contributed by atoms with van der Waals surface area (Å²) in [6.07, 6.45) is 3.54. The number of pyridine rings is 1. The summed E-state index contributed by atoms with van der Waals surface area (Å²) >= 11 is 1.57. The molecular formula is C17H14N2O2S. The molecule has 4 nitrogen and oxygen atoms in total. The first-order valence-corrected chi connectivity index (χ1v) is 7.79. The molecule has 0 saturated carbocycles. The Morgan fingerprint density at radius 2 is 2.00 bits per heavy atom. The molecule has 5 heteroatoms. The summed E-state index contributed by atoms with van der Waals surface area (Å²) < 4.78 is 4.98. The molecule has 0 aliphatic rings. The summed E-state index contributed by atoms with van der Waals surface area (Å²) in [5.74, 6) is -0.302. The molecule has 110 valence electrons. The zero-order valence-electron chi connectivity index (χ0n) is 12.0. The van der Waals surface area contributed by atoms with E-state index in [4.69, 9.17) is 4.74 Å². The monoisotopic (exact) mass is 310 g/mol. The average Bonchev–Trinajstić information content (AvgIpc) is 3.06. The second-order valence-electron chi connectivity index (χ2n) is 4.58. The second-order valence-corrected chi connectivity index (χ2v) is 5.44. The Kier molecular flexibility index (Phi) is 4.25. The summed E-state index contributed by atoms with van der Waals surface area (Å²) in [6, 6.07) is 11.2. The van der Waals surface area contributed by atoms with Crippen molar-refractivity contribution in [3.63, 3.8) is 0 Å². The van der Waals surface area contributed by atoms with Gasteiger partial charge in [0.25, 0.3) is 0 Å². The minimum Gasteiger partial charge on any atom is -0.462 e. The highest BCUT2D eigenvalue weighted by atomic mass is 32.1. The zero-order valence-corrected chi connectivity index (χ0v) is 12.8. The number of carbonyl (C=O) groups excluding carboxylic acids is 1. The van der Waals surface area contributed by atoms with Crippen LogP contribution in [0.15, 0.2) is 54.2 Å². The third kappa shape index (κ3) is 3.04. The Labute approximate surface area is 132 Å². The molecule has 0 aliphatic heterocycles. The van der Waals surface area contributed by atoms with Gasteiger partial charge in [-0.1, -0.05) is 12.1 Å². The molecule has 2 heterocycles. The molecule has 2 aromatic heterocycles. The number of hydrogen-bond acceptors (Lipinski definition) is 5. The topological polar surface area (TPSA) is 52.1 Å². The van der Waals surface area contributed by atoms with Crippen LogP contribution in [0.4, 0.5) is 0 Å². The molecule has 1 aromatic carbocycles. The quantitative estimate of drug-likeness (QED) is 0.682. The van der Waals surface area contributed by atoms with Crippen molar-refractivity contribution in [2.75, 3.05) is 6.61 Å². The Hall–Kier alpha value is -2.53. The van der Waals surface area contributed by atoms with Crippen LogP contribution in [0.1, 0.15) is 17.3 Å². The first-order valence-electron chi connectivity index (χ1n) is 6.91. The van der Waals surface area contributed by atoms with E-state index in [-0.39, 0.29) is 5.97 Å². The molecule has 0 spiro atoms. The lowest BCUT2D eigenvalue weighted by Crippen LogP contribution is -2.03. The molecule has 0 saturated heterocycles.